The van der Waals surface area contributed by atoms with Gasteiger partial charge in [0.25, 0.3) is 0 Å². The van der Waals surface area contributed by atoms with Crippen molar-refractivity contribution in [2.75, 3.05) is 11.9 Å². The van der Waals surface area contributed by atoms with Crippen molar-refractivity contribution >= 4 is 17.4 Å². The summed E-state index contributed by atoms with van der Waals surface area (Å²) in [6.07, 6.45) is 1.74. The first-order valence-corrected chi connectivity index (χ1v) is 7.50. The highest BCUT2D eigenvalue weighted by Crippen LogP contribution is 2.29. The van der Waals surface area contributed by atoms with Crippen LogP contribution in [0.5, 0.6) is 0 Å². The summed E-state index contributed by atoms with van der Waals surface area (Å²) in [7, 11) is 0. The molecule has 0 saturated heterocycles. The molecular formula is C16H19ClFN3. The molecule has 112 valence electrons. The lowest BCUT2D eigenvalue weighted by molar-refractivity contribution is 0.628. The van der Waals surface area contributed by atoms with Gasteiger partial charge in [-0.2, -0.15) is 0 Å². The van der Waals surface area contributed by atoms with E-state index in [1.54, 1.807) is 6.07 Å². The van der Waals surface area contributed by atoms with Crippen LogP contribution in [0.25, 0.3) is 11.3 Å². The second-order valence-corrected chi connectivity index (χ2v) is 5.34. The Hall–Kier alpha value is -1.68. The Labute approximate surface area is 129 Å². The zero-order chi connectivity index (χ0) is 15.4. The molecule has 0 spiro atoms. The fourth-order valence-corrected chi connectivity index (χ4v) is 2.43. The summed E-state index contributed by atoms with van der Waals surface area (Å²) in [6, 6.07) is 4.47. The van der Waals surface area contributed by atoms with E-state index < -0.39 is 0 Å². The summed E-state index contributed by atoms with van der Waals surface area (Å²) < 4.78 is 13.6. The van der Waals surface area contributed by atoms with Gasteiger partial charge in [-0.25, -0.2) is 14.4 Å². The second kappa shape index (κ2) is 6.85. The molecule has 0 aliphatic heterocycles. The van der Waals surface area contributed by atoms with Crippen molar-refractivity contribution in [3.8, 4) is 11.3 Å². The molecule has 21 heavy (non-hydrogen) atoms. The van der Waals surface area contributed by atoms with Crippen molar-refractivity contribution < 1.29 is 4.39 Å². The highest BCUT2D eigenvalue weighted by Gasteiger charge is 2.13. The number of hydrogen-bond acceptors (Lipinski definition) is 3. The average molecular weight is 308 g/mol. The summed E-state index contributed by atoms with van der Waals surface area (Å²) in [6.45, 7) is 6.79. The van der Waals surface area contributed by atoms with E-state index in [0.717, 1.165) is 42.3 Å². The van der Waals surface area contributed by atoms with Crippen molar-refractivity contribution in [3.05, 3.63) is 40.4 Å². The van der Waals surface area contributed by atoms with Gasteiger partial charge in [0.2, 0.25) is 0 Å². The highest BCUT2D eigenvalue weighted by atomic mass is 35.5. The number of anilines is 1. The predicted octanol–water partition coefficient (Wildman–Crippen LogP) is 4.63. The average Bonchev–Trinajstić information content (AvgIpc) is 2.41. The van der Waals surface area contributed by atoms with Gasteiger partial charge in [-0.15, -0.1) is 0 Å². The van der Waals surface area contributed by atoms with Crippen LogP contribution in [0.15, 0.2) is 18.2 Å². The summed E-state index contributed by atoms with van der Waals surface area (Å²) >= 11 is 5.96. The third-order valence-electron chi connectivity index (χ3n) is 3.15. The van der Waals surface area contributed by atoms with Crippen LogP contribution in [0, 0.1) is 12.7 Å². The molecule has 0 saturated carbocycles. The largest absolute Gasteiger partial charge is 0.370 e. The van der Waals surface area contributed by atoms with Gasteiger partial charge in [-0.3, -0.25) is 0 Å². The third-order valence-corrected chi connectivity index (χ3v) is 3.36. The number of aryl methyl sites for hydroxylation is 1. The molecular weight excluding hydrogens is 289 g/mol. The minimum absolute atomic E-state index is 0.363. The van der Waals surface area contributed by atoms with Gasteiger partial charge in [0, 0.05) is 29.1 Å². The van der Waals surface area contributed by atoms with Crippen molar-refractivity contribution in [1.82, 2.24) is 9.97 Å². The second-order valence-electron chi connectivity index (χ2n) is 4.90. The fraction of sp³-hybridized carbons (Fsp3) is 0.375. The Balaban J connectivity index is 2.59. The summed E-state index contributed by atoms with van der Waals surface area (Å²) in [5.74, 6) is 1.19. The number of aromatic nitrogens is 2. The molecule has 1 aromatic carbocycles. The quantitative estimate of drug-likeness (QED) is 0.875. The Kier molecular flexibility index (Phi) is 5.12. The zero-order valence-electron chi connectivity index (χ0n) is 12.5. The van der Waals surface area contributed by atoms with Crippen LogP contribution in [0.4, 0.5) is 10.2 Å². The lowest BCUT2D eigenvalue weighted by Crippen LogP contribution is -2.08. The Bertz CT molecular complexity index is 623. The van der Waals surface area contributed by atoms with E-state index in [9.17, 15) is 4.39 Å². The normalized spacial score (nSPS) is 10.7. The molecule has 0 bridgehead atoms. The van der Waals surface area contributed by atoms with Gasteiger partial charge < -0.3 is 5.32 Å². The molecule has 0 radical (unpaired) electrons. The summed E-state index contributed by atoms with van der Waals surface area (Å²) in [4.78, 5) is 9.11. The van der Waals surface area contributed by atoms with Crippen molar-refractivity contribution in [2.24, 2.45) is 0 Å². The summed E-state index contributed by atoms with van der Waals surface area (Å²) in [5, 5.41) is 3.60. The first kappa shape index (κ1) is 15.7. The van der Waals surface area contributed by atoms with E-state index in [1.165, 1.54) is 12.1 Å². The molecule has 0 aliphatic carbocycles. The number of benzene rings is 1. The fourth-order valence-electron chi connectivity index (χ4n) is 2.21. The number of rotatable bonds is 5. The molecule has 0 atom stereocenters. The summed E-state index contributed by atoms with van der Waals surface area (Å²) in [5.41, 5.74) is 2.31. The first-order valence-electron chi connectivity index (χ1n) is 7.13. The predicted molar refractivity (Wildman–Crippen MR) is 85.3 cm³/mol. The van der Waals surface area contributed by atoms with Crippen LogP contribution >= 0.6 is 11.6 Å². The maximum absolute atomic E-state index is 13.6. The molecule has 1 aromatic heterocycles. The van der Waals surface area contributed by atoms with Crippen molar-refractivity contribution in [3.63, 3.8) is 0 Å². The monoisotopic (exact) mass is 307 g/mol. The zero-order valence-corrected chi connectivity index (χ0v) is 13.3. The molecule has 0 fully saturated rings. The molecule has 0 unspecified atom stereocenters. The highest BCUT2D eigenvalue weighted by molar-refractivity contribution is 6.30. The van der Waals surface area contributed by atoms with Crippen LogP contribution in [0.3, 0.4) is 0 Å². The van der Waals surface area contributed by atoms with Gasteiger partial charge in [0.05, 0.1) is 5.69 Å². The molecule has 3 nitrogen and oxygen atoms in total. The standard InChI is InChI=1S/C16H19ClFN3/c1-4-6-14-20-15(10(3)16(21-14)19-5-2)11-7-12(17)9-13(18)8-11/h7-9H,4-6H2,1-3H3,(H,19,20,21). The Morgan fingerprint density at radius 1 is 1.19 bits per heavy atom. The maximum Gasteiger partial charge on any atom is 0.133 e. The molecule has 5 heteroatoms. The van der Waals surface area contributed by atoms with Gasteiger partial charge in [-0.05, 0) is 38.5 Å². The molecule has 1 N–H and O–H groups in total. The molecule has 0 amide bonds. The SMILES string of the molecule is CCCc1nc(NCC)c(C)c(-c2cc(F)cc(Cl)c2)n1. The minimum Gasteiger partial charge on any atom is -0.370 e. The third kappa shape index (κ3) is 3.70. The van der Waals surface area contributed by atoms with Gasteiger partial charge >= 0.3 is 0 Å². The number of nitrogens with zero attached hydrogens (tertiary/aromatic N) is 2. The number of halogens is 2. The van der Waals surface area contributed by atoms with E-state index in [2.05, 4.69) is 22.2 Å². The Morgan fingerprint density at radius 2 is 1.95 bits per heavy atom. The molecule has 0 aliphatic rings. The van der Waals surface area contributed by atoms with E-state index >= 15 is 0 Å². The molecule has 2 aromatic rings. The minimum atomic E-state index is -0.363. The van der Waals surface area contributed by atoms with Gasteiger partial charge in [0.1, 0.15) is 17.5 Å². The van der Waals surface area contributed by atoms with Crippen LogP contribution in [-0.4, -0.2) is 16.5 Å². The van der Waals surface area contributed by atoms with Gasteiger partial charge in [-0.1, -0.05) is 18.5 Å². The van der Waals surface area contributed by atoms with Crippen LogP contribution in [0.1, 0.15) is 31.7 Å². The number of nitrogens with one attached hydrogen (secondary N) is 1. The first-order chi connectivity index (χ1) is 10.0. The lowest BCUT2D eigenvalue weighted by atomic mass is 10.1. The number of hydrogen-bond donors (Lipinski definition) is 1. The van der Waals surface area contributed by atoms with Crippen LogP contribution in [0.2, 0.25) is 5.02 Å². The lowest BCUT2D eigenvalue weighted by Gasteiger charge is -2.13. The Morgan fingerprint density at radius 3 is 2.57 bits per heavy atom. The van der Waals surface area contributed by atoms with E-state index in [4.69, 9.17) is 11.6 Å². The van der Waals surface area contributed by atoms with E-state index in [-0.39, 0.29) is 5.82 Å². The van der Waals surface area contributed by atoms with Crippen molar-refractivity contribution in [2.45, 2.75) is 33.6 Å². The topological polar surface area (TPSA) is 37.8 Å². The van der Waals surface area contributed by atoms with Crippen LogP contribution in [-0.2, 0) is 6.42 Å². The van der Waals surface area contributed by atoms with Gasteiger partial charge in [0.15, 0.2) is 0 Å². The van der Waals surface area contributed by atoms with Crippen molar-refractivity contribution in [1.29, 1.82) is 0 Å². The van der Waals surface area contributed by atoms with Crippen LogP contribution < -0.4 is 5.32 Å². The van der Waals surface area contributed by atoms with E-state index in [1.807, 2.05) is 13.8 Å². The maximum atomic E-state index is 13.6. The molecule has 1 heterocycles. The molecule has 2 rings (SSSR count). The van der Waals surface area contributed by atoms with E-state index in [0.29, 0.717) is 10.6 Å². The smallest absolute Gasteiger partial charge is 0.133 e.